The molecular weight excluding hydrogens is 326 g/mol. The summed E-state index contributed by atoms with van der Waals surface area (Å²) in [5.41, 5.74) is 0.258. The van der Waals surface area contributed by atoms with Gasteiger partial charge in [0, 0.05) is 9.77 Å². The molecule has 0 unspecified atom stereocenters. The van der Waals surface area contributed by atoms with Crippen molar-refractivity contribution in [2.45, 2.75) is 6.43 Å². The van der Waals surface area contributed by atoms with E-state index in [1.165, 1.54) is 4.52 Å². The first-order chi connectivity index (χ1) is 6.59. The van der Waals surface area contributed by atoms with Crippen LogP contribution >= 0.6 is 34.2 Å². The molecule has 2 heterocycles. The van der Waals surface area contributed by atoms with Crippen LogP contribution in [0.25, 0.3) is 5.65 Å². The second-order valence-corrected chi connectivity index (χ2v) is 4.06. The Morgan fingerprint density at radius 2 is 2.21 bits per heavy atom. The van der Waals surface area contributed by atoms with E-state index in [4.69, 9.17) is 11.6 Å². The number of rotatable bonds is 1. The number of fused-ring (bicyclic) bond motifs is 1. The van der Waals surface area contributed by atoms with E-state index in [1.54, 1.807) is 12.3 Å². The van der Waals surface area contributed by atoms with Gasteiger partial charge in [-0.2, -0.15) is 0 Å². The molecule has 0 aliphatic carbocycles. The van der Waals surface area contributed by atoms with Gasteiger partial charge in [-0.05, 0) is 28.7 Å². The third-order valence-electron chi connectivity index (χ3n) is 1.61. The van der Waals surface area contributed by atoms with Gasteiger partial charge < -0.3 is 0 Å². The minimum atomic E-state index is -2.68. The number of nitrogens with zero attached hydrogens (tertiary/aromatic N) is 3. The third kappa shape index (κ3) is 1.56. The zero-order chi connectivity index (χ0) is 10.3. The van der Waals surface area contributed by atoms with E-state index in [-0.39, 0.29) is 5.65 Å². The molecule has 2 rings (SSSR count). The molecule has 0 radical (unpaired) electrons. The highest BCUT2D eigenvalue weighted by atomic mass is 127. The highest BCUT2D eigenvalue weighted by Gasteiger charge is 2.16. The molecule has 2 aromatic heterocycles. The van der Waals surface area contributed by atoms with Gasteiger partial charge in [0.25, 0.3) is 6.43 Å². The predicted octanol–water partition coefficient (Wildman–Crippen LogP) is 2.92. The fraction of sp³-hybridized carbons (Fsp3) is 0.143. The number of aromatic nitrogens is 3. The highest BCUT2D eigenvalue weighted by Crippen LogP contribution is 2.24. The van der Waals surface area contributed by atoms with E-state index in [0.29, 0.717) is 5.02 Å². The average molecular weight is 329 g/mol. The van der Waals surface area contributed by atoms with Crippen LogP contribution < -0.4 is 0 Å². The van der Waals surface area contributed by atoms with Gasteiger partial charge in [0.15, 0.2) is 5.65 Å². The molecule has 14 heavy (non-hydrogen) atoms. The van der Waals surface area contributed by atoms with Crippen LogP contribution in [-0.4, -0.2) is 14.6 Å². The van der Waals surface area contributed by atoms with Crippen molar-refractivity contribution < 1.29 is 8.78 Å². The van der Waals surface area contributed by atoms with Crippen LogP contribution in [-0.2, 0) is 0 Å². The lowest BCUT2D eigenvalue weighted by Crippen LogP contribution is -1.90. The molecule has 0 spiro atoms. The summed E-state index contributed by atoms with van der Waals surface area (Å²) in [5, 5.41) is 3.92. The molecule has 0 atom stereocenters. The Bertz CT molecular complexity index is 485. The fourth-order valence-electron chi connectivity index (χ4n) is 1.00. The molecule has 7 heteroatoms. The Balaban J connectivity index is 2.71. The number of hydrogen-bond acceptors (Lipinski definition) is 2. The first kappa shape index (κ1) is 10.0. The van der Waals surface area contributed by atoms with Crippen molar-refractivity contribution in [3.8, 4) is 0 Å². The summed E-state index contributed by atoms with van der Waals surface area (Å²) >= 11 is 7.87. The number of pyridine rings is 1. The van der Waals surface area contributed by atoms with Crippen molar-refractivity contribution in [3.05, 3.63) is 26.7 Å². The summed E-state index contributed by atoms with van der Waals surface area (Å²) < 4.78 is 26.5. The van der Waals surface area contributed by atoms with Crippen LogP contribution in [0.5, 0.6) is 0 Å². The number of halogens is 4. The van der Waals surface area contributed by atoms with Gasteiger partial charge in [-0.15, -0.1) is 5.10 Å². The molecule has 0 aliphatic rings. The van der Waals surface area contributed by atoms with Crippen molar-refractivity contribution in [3.63, 3.8) is 0 Å². The molecule has 0 aliphatic heterocycles. The number of alkyl halides is 2. The smallest absolute Gasteiger partial charge is 0.219 e. The normalized spacial score (nSPS) is 11.5. The Kier molecular flexibility index (Phi) is 2.56. The average Bonchev–Trinajstić information content (AvgIpc) is 2.56. The van der Waals surface area contributed by atoms with Crippen molar-refractivity contribution >= 4 is 39.8 Å². The topological polar surface area (TPSA) is 30.2 Å². The van der Waals surface area contributed by atoms with Crippen molar-refractivity contribution in [2.75, 3.05) is 0 Å². The van der Waals surface area contributed by atoms with Gasteiger partial charge in [-0.1, -0.05) is 11.6 Å². The Labute approximate surface area is 96.2 Å². The van der Waals surface area contributed by atoms with Crippen LogP contribution in [0.2, 0.25) is 5.02 Å². The summed E-state index contributed by atoms with van der Waals surface area (Å²) in [7, 11) is 0. The second kappa shape index (κ2) is 3.58. The van der Waals surface area contributed by atoms with Crippen molar-refractivity contribution in [2.24, 2.45) is 0 Å². The fourth-order valence-corrected chi connectivity index (χ4v) is 1.60. The van der Waals surface area contributed by atoms with Gasteiger partial charge in [0.05, 0.1) is 5.02 Å². The summed E-state index contributed by atoms with van der Waals surface area (Å²) in [5.74, 6) is -0.506. The van der Waals surface area contributed by atoms with E-state index in [1.807, 2.05) is 22.6 Å². The molecule has 0 saturated carbocycles. The molecule has 0 aromatic carbocycles. The summed E-state index contributed by atoms with van der Waals surface area (Å²) in [4.78, 5) is 3.64. The molecular formula is C7H3ClF2IN3. The van der Waals surface area contributed by atoms with Crippen molar-refractivity contribution in [1.82, 2.24) is 14.6 Å². The third-order valence-corrected chi connectivity index (χ3v) is 3.20. The van der Waals surface area contributed by atoms with Crippen LogP contribution in [0.3, 0.4) is 0 Å². The van der Waals surface area contributed by atoms with Gasteiger partial charge >= 0.3 is 0 Å². The maximum Gasteiger partial charge on any atom is 0.299 e. The van der Waals surface area contributed by atoms with Crippen LogP contribution in [0, 0.1) is 3.57 Å². The lowest BCUT2D eigenvalue weighted by atomic mass is 10.5. The first-order valence-corrected chi connectivity index (χ1v) is 5.03. The maximum absolute atomic E-state index is 12.3. The monoisotopic (exact) mass is 329 g/mol. The van der Waals surface area contributed by atoms with Crippen LogP contribution in [0.4, 0.5) is 8.78 Å². The standard InChI is InChI=1S/C7H3ClF2IN3/c8-4-3(11)1-2-14-7(4)12-6(13-14)5(9)10/h1-2,5H. The SMILES string of the molecule is FC(F)c1nc2c(Cl)c(I)ccn2n1. The van der Waals surface area contributed by atoms with Gasteiger partial charge in [-0.25, -0.2) is 18.3 Å². The number of hydrogen-bond donors (Lipinski definition) is 0. The first-order valence-electron chi connectivity index (χ1n) is 3.58. The molecule has 74 valence electrons. The summed E-state index contributed by atoms with van der Waals surface area (Å²) in [6, 6.07) is 1.68. The van der Waals surface area contributed by atoms with E-state index < -0.39 is 12.2 Å². The van der Waals surface area contributed by atoms with Crippen LogP contribution in [0.15, 0.2) is 12.3 Å². The molecule has 0 amide bonds. The zero-order valence-electron chi connectivity index (χ0n) is 6.59. The summed E-state index contributed by atoms with van der Waals surface area (Å²) in [6.07, 6.45) is -1.13. The molecule has 0 bridgehead atoms. The molecule has 0 fully saturated rings. The quantitative estimate of drug-likeness (QED) is 0.753. The summed E-state index contributed by atoms with van der Waals surface area (Å²) in [6.45, 7) is 0. The van der Waals surface area contributed by atoms with E-state index in [9.17, 15) is 8.78 Å². The van der Waals surface area contributed by atoms with E-state index in [2.05, 4.69) is 10.1 Å². The zero-order valence-corrected chi connectivity index (χ0v) is 9.50. The molecule has 2 aromatic rings. The maximum atomic E-state index is 12.3. The molecule has 0 saturated heterocycles. The lowest BCUT2D eigenvalue weighted by molar-refractivity contribution is 0.140. The minimum absolute atomic E-state index is 0.258. The predicted molar refractivity (Wildman–Crippen MR) is 55.7 cm³/mol. The van der Waals surface area contributed by atoms with Gasteiger partial charge in [0.2, 0.25) is 5.82 Å². The largest absolute Gasteiger partial charge is 0.299 e. The molecule has 0 N–H and O–H groups in total. The lowest BCUT2D eigenvalue weighted by Gasteiger charge is -1.95. The Morgan fingerprint density at radius 1 is 1.50 bits per heavy atom. The Morgan fingerprint density at radius 3 is 2.86 bits per heavy atom. The van der Waals surface area contributed by atoms with Crippen molar-refractivity contribution in [1.29, 1.82) is 0 Å². The second-order valence-electron chi connectivity index (χ2n) is 2.52. The van der Waals surface area contributed by atoms with Gasteiger partial charge in [0.1, 0.15) is 0 Å². The van der Waals surface area contributed by atoms with Gasteiger partial charge in [-0.3, -0.25) is 0 Å². The van der Waals surface area contributed by atoms with Crippen LogP contribution in [0.1, 0.15) is 12.2 Å². The van der Waals surface area contributed by atoms with E-state index >= 15 is 0 Å². The Hall–Kier alpha value is -0.500. The minimum Gasteiger partial charge on any atom is -0.219 e. The molecule has 3 nitrogen and oxygen atoms in total. The van der Waals surface area contributed by atoms with E-state index in [0.717, 1.165) is 3.57 Å². The highest BCUT2D eigenvalue weighted by molar-refractivity contribution is 14.1.